The first kappa shape index (κ1) is 18.3. The molecule has 1 aliphatic rings. The van der Waals surface area contributed by atoms with Crippen LogP contribution in [0.3, 0.4) is 0 Å². The van der Waals surface area contributed by atoms with Crippen LogP contribution in [-0.2, 0) is 17.0 Å². The van der Waals surface area contributed by atoms with Crippen molar-refractivity contribution in [3.8, 4) is 0 Å². The van der Waals surface area contributed by atoms with Gasteiger partial charge >= 0.3 is 0 Å². The van der Waals surface area contributed by atoms with E-state index in [1.807, 2.05) is 36.5 Å². The van der Waals surface area contributed by atoms with Crippen LogP contribution < -0.4 is 10.2 Å². The summed E-state index contributed by atoms with van der Waals surface area (Å²) in [6, 6.07) is 11.2. The fourth-order valence-electron chi connectivity index (χ4n) is 3.17. The summed E-state index contributed by atoms with van der Waals surface area (Å²) in [6.45, 7) is 0.623. The zero-order valence-corrected chi connectivity index (χ0v) is 15.9. The molecule has 3 heterocycles. The van der Waals surface area contributed by atoms with E-state index in [0.717, 1.165) is 34.7 Å². The quantitative estimate of drug-likeness (QED) is 0.690. The molecule has 0 aliphatic carbocycles. The number of furan rings is 1. The van der Waals surface area contributed by atoms with Crippen molar-refractivity contribution < 1.29 is 14.0 Å². The number of anilines is 2. The second-order valence-corrected chi connectivity index (χ2v) is 7.45. The van der Waals surface area contributed by atoms with Crippen LogP contribution in [0.1, 0.15) is 21.5 Å². The molecule has 28 heavy (non-hydrogen) atoms. The van der Waals surface area contributed by atoms with Crippen LogP contribution in [0.25, 0.3) is 0 Å². The number of nitrogens with one attached hydrogen (secondary N) is 1. The fourth-order valence-corrected chi connectivity index (χ4v) is 3.94. The van der Waals surface area contributed by atoms with Crippen molar-refractivity contribution in [3.05, 3.63) is 78.0 Å². The van der Waals surface area contributed by atoms with Gasteiger partial charge in [-0.05, 0) is 47.9 Å². The smallest absolute Gasteiger partial charge is 0.261 e. The summed E-state index contributed by atoms with van der Waals surface area (Å²) >= 11 is 1.55. The van der Waals surface area contributed by atoms with Gasteiger partial charge in [0.05, 0.1) is 17.6 Å². The molecule has 7 heteroatoms. The van der Waals surface area contributed by atoms with Crippen LogP contribution in [0, 0.1) is 0 Å². The second kappa shape index (κ2) is 8.31. The Morgan fingerprint density at radius 2 is 2.18 bits per heavy atom. The molecule has 1 aromatic carbocycles. The van der Waals surface area contributed by atoms with Gasteiger partial charge in [0, 0.05) is 36.1 Å². The lowest BCUT2D eigenvalue weighted by molar-refractivity contribution is -0.113. The molecule has 0 radical (unpaired) electrons. The Hall–Kier alpha value is -3.06. The molecule has 0 fully saturated rings. The van der Waals surface area contributed by atoms with E-state index < -0.39 is 0 Å². The number of pyridine rings is 1. The Labute approximate surface area is 166 Å². The Balaban J connectivity index is 1.34. The highest BCUT2D eigenvalue weighted by molar-refractivity contribution is 7.99. The van der Waals surface area contributed by atoms with Gasteiger partial charge in [0.25, 0.3) is 5.91 Å². The van der Waals surface area contributed by atoms with Crippen molar-refractivity contribution in [1.82, 2.24) is 4.98 Å². The molecule has 0 spiro atoms. The third-order valence-electron chi connectivity index (χ3n) is 4.50. The molecule has 0 saturated heterocycles. The van der Waals surface area contributed by atoms with Crippen LogP contribution in [0.5, 0.6) is 0 Å². The molecule has 2 amide bonds. The predicted octanol–water partition coefficient (Wildman–Crippen LogP) is 3.75. The Morgan fingerprint density at radius 3 is 2.96 bits per heavy atom. The summed E-state index contributed by atoms with van der Waals surface area (Å²) in [5.41, 5.74) is 4.33. The Kier molecular flexibility index (Phi) is 5.43. The van der Waals surface area contributed by atoms with Crippen molar-refractivity contribution in [1.29, 1.82) is 0 Å². The van der Waals surface area contributed by atoms with E-state index in [1.165, 1.54) is 12.5 Å². The summed E-state index contributed by atoms with van der Waals surface area (Å²) in [5.74, 6) is 1.00. The van der Waals surface area contributed by atoms with Gasteiger partial charge in [-0.3, -0.25) is 14.6 Å². The van der Waals surface area contributed by atoms with Gasteiger partial charge in [0.15, 0.2) is 0 Å². The van der Waals surface area contributed by atoms with Gasteiger partial charge in [-0.15, -0.1) is 11.8 Å². The van der Waals surface area contributed by atoms with Crippen molar-refractivity contribution in [2.45, 2.75) is 12.2 Å². The average Bonchev–Trinajstić information content (AvgIpc) is 3.38. The lowest BCUT2D eigenvalue weighted by Crippen LogP contribution is -2.28. The van der Waals surface area contributed by atoms with Gasteiger partial charge in [-0.1, -0.05) is 6.07 Å². The monoisotopic (exact) mass is 393 g/mol. The maximum atomic E-state index is 12.6. The number of hydrogen-bond donors (Lipinski definition) is 1. The standard InChI is InChI=1S/C21H19N3O3S/c25-20(14-28-13-15-2-1-7-22-11-15)23-18-3-4-19-16(10-18)5-8-24(19)21(26)17-6-9-27-12-17/h1-4,6-7,9-12H,5,8,13-14H2,(H,23,25). The van der Waals surface area contributed by atoms with E-state index in [9.17, 15) is 9.59 Å². The first-order valence-corrected chi connectivity index (χ1v) is 10.1. The third kappa shape index (κ3) is 4.09. The Morgan fingerprint density at radius 1 is 1.25 bits per heavy atom. The SMILES string of the molecule is O=C(CSCc1cccnc1)Nc1ccc2c(c1)CCN2C(=O)c1ccoc1. The predicted molar refractivity (Wildman–Crippen MR) is 110 cm³/mol. The van der Waals surface area contributed by atoms with E-state index >= 15 is 0 Å². The molecule has 142 valence electrons. The molecule has 6 nitrogen and oxygen atoms in total. The zero-order valence-electron chi connectivity index (χ0n) is 15.1. The maximum absolute atomic E-state index is 12.6. The molecular formula is C21H19N3O3S. The fraction of sp³-hybridized carbons (Fsp3) is 0.190. The highest BCUT2D eigenvalue weighted by atomic mass is 32.2. The van der Waals surface area contributed by atoms with Crippen LogP contribution in [0.2, 0.25) is 0 Å². The molecular weight excluding hydrogens is 374 g/mol. The second-order valence-electron chi connectivity index (χ2n) is 6.46. The van der Waals surface area contributed by atoms with Gasteiger partial charge in [0.1, 0.15) is 6.26 Å². The van der Waals surface area contributed by atoms with E-state index in [2.05, 4.69) is 10.3 Å². The van der Waals surface area contributed by atoms with Crippen molar-refractivity contribution in [2.24, 2.45) is 0 Å². The minimum atomic E-state index is -0.0731. The van der Waals surface area contributed by atoms with Crippen molar-refractivity contribution >= 4 is 35.0 Å². The minimum absolute atomic E-state index is 0.0434. The highest BCUT2D eigenvalue weighted by Crippen LogP contribution is 2.31. The lowest BCUT2D eigenvalue weighted by atomic mass is 10.1. The number of rotatable bonds is 6. The topological polar surface area (TPSA) is 75.4 Å². The van der Waals surface area contributed by atoms with Crippen LogP contribution in [-0.4, -0.2) is 29.1 Å². The third-order valence-corrected chi connectivity index (χ3v) is 5.50. The first-order valence-electron chi connectivity index (χ1n) is 8.94. The number of thioether (sulfide) groups is 1. The number of amides is 2. The van der Waals surface area contributed by atoms with Gasteiger partial charge < -0.3 is 14.6 Å². The maximum Gasteiger partial charge on any atom is 0.261 e. The number of carbonyl (C=O) groups is 2. The summed E-state index contributed by atoms with van der Waals surface area (Å²) in [7, 11) is 0. The summed E-state index contributed by atoms with van der Waals surface area (Å²) in [6.07, 6.45) is 7.26. The van der Waals surface area contributed by atoms with Crippen LogP contribution in [0.15, 0.2) is 65.7 Å². The molecule has 1 N–H and O–H groups in total. The summed E-state index contributed by atoms with van der Waals surface area (Å²) in [4.78, 5) is 30.6. The van der Waals surface area contributed by atoms with E-state index in [-0.39, 0.29) is 11.8 Å². The highest BCUT2D eigenvalue weighted by Gasteiger charge is 2.26. The Bertz CT molecular complexity index is 974. The number of benzene rings is 1. The molecule has 0 atom stereocenters. The molecule has 3 aromatic rings. The molecule has 0 unspecified atom stereocenters. The number of fused-ring (bicyclic) bond motifs is 1. The molecule has 0 saturated carbocycles. The number of nitrogens with zero attached hydrogens (tertiary/aromatic N) is 2. The van der Waals surface area contributed by atoms with Gasteiger partial charge in [-0.25, -0.2) is 0 Å². The van der Waals surface area contributed by atoms with E-state index in [1.54, 1.807) is 28.9 Å². The normalized spacial score (nSPS) is 12.6. The van der Waals surface area contributed by atoms with Gasteiger partial charge in [-0.2, -0.15) is 0 Å². The first-order chi connectivity index (χ1) is 13.7. The number of aromatic nitrogens is 1. The minimum Gasteiger partial charge on any atom is -0.472 e. The molecule has 2 aromatic heterocycles. The van der Waals surface area contributed by atoms with Crippen molar-refractivity contribution in [3.63, 3.8) is 0 Å². The summed E-state index contributed by atoms with van der Waals surface area (Å²) < 4.78 is 5.01. The average molecular weight is 393 g/mol. The van der Waals surface area contributed by atoms with E-state index in [4.69, 9.17) is 4.42 Å². The van der Waals surface area contributed by atoms with E-state index in [0.29, 0.717) is 17.9 Å². The number of hydrogen-bond acceptors (Lipinski definition) is 5. The van der Waals surface area contributed by atoms with Crippen molar-refractivity contribution in [2.75, 3.05) is 22.5 Å². The molecule has 0 bridgehead atoms. The van der Waals surface area contributed by atoms with Gasteiger partial charge in [0.2, 0.25) is 5.91 Å². The van der Waals surface area contributed by atoms with Crippen LogP contribution >= 0.6 is 11.8 Å². The van der Waals surface area contributed by atoms with Crippen LogP contribution in [0.4, 0.5) is 11.4 Å². The molecule has 1 aliphatic heterocycles. The largest absolute Gasteiger partial charge is 0.472 e. The lowest BCUT2D eigenvalue weighted by Gasteiger charge is -2.16. The number of carbonyl (C=O) groups excluding carboxylic acids is 2. The molecule has 4 rings (SSSR count). The summed E-state index contributed by atoms with van der Waals surface area (Å²) in [5, 5.41) is 2.94. The zero-order chi connectivity index (χ0) is 19.3.